The second-order valence-corrected chi connectivity index (χ2v) is 6.85. The van der Waals surface area contributed by atoms with E-state index in [0.29, 0.717) is 14.4 Å². The van der Waals surface area contributed by atoms with Crippen molar-refractivity contribution in [1.82, 2.24) is 10.3 Å². The van der Waals surface area contributed by atoms with Gasteiger partial charge in [0, 0.05) is 15.5 Å². The van der Waals surface area contributed by atoms with Gasteiger partial charge in [-0.05, 0) is 41.1 Å². The van der Waals surface area contributed by atoms with Gasteiger partial charge in [-0.2, -0.15) is 0 Å². The zero-order chi connectivity index (χ0) is 14.0. The van der Waals surface area contributed by atoms with Crippen LogP contribution < -0.4 is 5.32 Å². The molecule has 3 nitrogen and oxygen atoms in total. The van der Waals surface area contributed by atoms with Gasteiger partial charge in [-0.15, -0.1) is 11.3 Å². The number of hydrogen-bond acceptors (Lipinski definition) is 3. The van der Waals surface area contributed by atoms with Gasteiger partial charge < -0.3 is 5.32 Å². The molecule has 1 unspecified atom stereocenters. The topological polar surface area (TPSA) is 42.0 Å². The van der Waals surface area contributed by atoms with E-state index in [2.05, 4.69) is 26.2 Å². The second kappa shape index (κ2) is 6.22. The van der Waals surface area contributed by atoms with Crippen LogP contribution in [0.2, 0.25) is 9.49 Å². The highest BCUT2D eigenvalue weighted by Gasteiger charge is 2.16. The molecule has 0 saturated heterocycles. The van der Waals surface area contributed by atoms with Crippen LogP contribution in [0.1, 0.15) is 28.2 Å². The van der Waals surface area contributed by atoms with Crippen molar-refractivity contribution in [3.63, 3.8) is 0 Å². The molecule has 2 aromatic heterocycles. The molecule has 19 heavy (non-hydrogen) atoms. The molecule has 0 aliphatic heterocycles. The lowest BCUT2D eigenvalue weighted by molar-refractivity contribution is 0.0940. The summed E-state index contributed by atoms with van der Waals surface area (Å²) in [4.78, 5) is 17.0. The Kier molecular flexibility index (Phi) is 4.84. The van der Waals surface area contributed by atoms with E-state index in [1.165, 1.54) is 11.3 Å². The minimum atomic E-state index is -0.268. The average molecular weight is 380 g/mol. The van der Waals surface area contributed by atoms with E-state index in [0.717, 1.165) is 4.88 Å². The number of carbonyl (C=O) groups is 1. The van der Waals surface area contributed by atoms with Gasteiger partial charge in [0.2, 0.25) is 0 Å². The number of thiophene rings is 1. The monoisotopic (exact) mass is 378 g/mol. The van der Waals surface area contributed by atoms with Crippen LogP contribution in [0, 0.1) is 0 Å². The SMILES string of the molecule is CC(NC(=O)c1cc(Br)cnc1Cl)c1ccc(Cl)s1. The van der Waals surface area contributed by atoms with Crippen molar-refractivity contribution in [2.75, 3.05) is 0 Å². The highest BCUT2D eigenvalue weighted by atomic mass is 79.9. The fraction of sp³-hybridized carbons (Fsp3) is 0.167. The van der Waals surface area contributed by atoms with E-state index in [4.69, 9.17) is 23.2 Å². The summed E-state index contributed by atoms with van der Waals surface area (Å²) in [7, 11) is 0. The molecule has 0 spiro atoms. The van der Waals surface area contributed by atoms with E-state index in [1.807, 2.05) is 13.0 Å². The first-order valence-corrected chi connectivity index (χ1v) is 7.71. The molecular formula is C12H9BrCl2N2OS. The van der Waals surface area contributed by atoms with Crippen LogP contribution in [0.4, 0.5) is 0 Å². The van der Waals surface area contributed by atoms with Crippen LogP contribution in [-0.2, 0) is 0 Å². The average Bonchev–Trinajstić information content (AvgIpc) is 2.79. The number of hydrogen-bond donors (Lipinski definition) is 1. The quantitative estimate of drug-likeness (QED) is 0.785. The van der Waals surface area contributed by atoms with Crippen molar-refractivity contribution in [3.8, 4) is 0 Å². The zero-order valence-corrected chi connectivity index (χ0v) is 13.7. The standard InChI is InChI=1S/C12H9BrCl2N2OS/c1-6(9-2-3-10(14)19-9)17-12(18)8-4-7(13)5-16-11(8)15/h2-6H,1H3,(H,17,18). The van der Waals surface area contributed by atoms with Crippen LogP contribution >= 0.6 is 50.5 Å². The largest absolute Gasteiger partial charge is 0.345 e. The van der Waals surface area contributed by atoms with Crippen molar-refractivity contribution in [2.24, 2.45) is 0 Å². The smallest absolute Gasteiger partial charge is 0.254 e. The second-order valence-electron chi connectivity index (χ2n) is 3.83. The van der Waals surface area contributed by atoms with Gasteiger partial charge >= 0.3 is 0 Å². The van der Waals surface area contributed by atoms with E-state index >= 15 is 0 Å². The Morgan fingerprint density at radius 1 is 1.47 bits per heavy atom. The molecule has 1 N–H and O–H groups in total. The minimum Gasteiger partial charge on any atom is -0.345 e. The Morgan fingerprint density at radius 2 is 2.21 bits per heavy atom. The third kappa shape index (κ3) is 3.69. The molecule has 7 heteroatoms. The van der Waals surface area contributed by atoms with Crippen molar-refractivity contribution in [3.05, 3.63) is 48.8 Å². The molecule has 2 heterocycles. The molecule has 0 radical (unpaired) electrons. The summed E-state index contributed by atoms with van der Waals surface area (Å²) in [5.74, 6) is -0.268. The Labute approximate surface area is 133 Å². The van der Waals surface area contributed by atoms with Gasteiger partial charge in [0.1, 0.15) is 5.15 Å². The summed E-state index contributed by atoms with van der Waals surface area (Å²) in [6.45, 7) is 1.89. The summed E-state index contributed by atoms with van der Waals surface area (Å²) in [5, 5.41) is 3.04. The number of nitrogens with zero attached hydrogens (tertiary/aromatic N) is 1. The molecule has 0 fully saturated rings. The third-order valence-electron chi connectivity index (χ3n) is 2.42. The Balaban J connectivity index is 2.15. The number of nitrogens with one attached hydrogen (secondary N) is 1. The Morgan fingerprint density at radius 3 is 2.84 bits per heavy atom. The van der Waals surface area contributed by atoms with Gasteiger partial charge in [0.05, 0.1) is 15.9 Å². The number of rotatable bonds is 3. The van der Waals surface area contributed by atoms with E-state index < -0.39 is 0 Å². The molecule has 0 saturated carbocycles. The van der Waals surface area contributed by atoms with Gasteiger partial charge in [0.25, 0.3) is 5.91 Å². The number of aromatic nitrogens is 1. The first-order chi connectivity index (χ1) is 8.97. The first kappa shape index (κ1) is 14.8. The van der Waals surface area contributed by atoms with Crippen LogP contribution in [0.3, 0.4) is 0 Å². The van der Waals surface area contributed by atoms with Crippen molar-refractivity contribution in [2.45, 2.75) is 13.0 Å². The molecule has 1 amide bonds. The van der Waals surface area contributed by atoms with Crippen molar-refractivity contribution >= 4 is 56.4 Å². The predicted molar refractivity (Wildman–Crippen MR) is 82.2 cm³/mol. The summed E-state index contributed by atoms with van der Waals surface area (Å²) in [6, 6.07) is 5.19. The van der Waals surface area contributed by atoms with E-state index in [-0.39, 0.29) is 17.1 Å². The van der Waals surface area contributed by atoms with Gasteiger partial charge in [-0.3, -0.25) is 4.79 Å². The lowest BCUT2D eigenvalue weighted by atomic mass is 10.2. The number of halogens is 3. The third-order valence-corrected chi connectivity index (χ3v) is 4.57. The molecule has 100 valence electrons. The first-order valence-electron chi connectivity index (χ1n) is 5.34. The molecule has 0 aliphatic carbocycles. The lowest BCUT2D eigenvalue weighted by Gasteiger charge is -2.12. The van der Waals surface area contributed by atoms with Crippen LogP contribution in [0.25, 0.3) is 0 Å². The minimum absolute atomic E-state index is 0.139. The maximum absolute atomic E-state index is 12.1. The zero-order valence-electron chi connectivity index (χ0n) is 9.78. The number of amides is 1. The Hall–Kier alpha value is -0.620. The molecule has 2 aromatic rings. The molecule has 0 aromatic carbocycles. The lowest BCUT2D eigenvalue weighted by Crippen LogP contribution is -2.26. The van der Waals surface area contributed by atoms with E-state index in [9.17, 15) is 4.79 Å². The van der Waals surface area contributed by atoms with Gasteiger partial charge in [-0.25, -0.2) is 4.98 Å². The molecule has 1 atom stereocenters. The fourth-order valence-electron chi connectivity index (χ4n) is 1.49. The highest BCUT2D eigenvalue weighted by molar-refractivity contribution is 9.10. The van der Waals surface area contributed by atoms with Crippen LogP contribution in [0.5, 0.6) is 0 Å². The molecule has 0 aliphatic rings. The maximum Gasteiger partial charge on any atom is 0.254 e. The normalized spacial score (nSPS) is 12.2. The predicted octanol–water partition coefficient (Wildman–Crippen LogP) is 4.70. The van der Waals surface area contributed by atoms with Gasteiger partial charge in [0.15, 0.2) is 0 Å². The number of carbonyl (C=O) groups excluding carboxylic acids is 1. The molecule has 0 bridgehead atoms. The summed E-state index contributed by atoms with van der Waals surface area (Å²) >= 11 is 16.5. The molecular weight excluding hydrogens is 371 g/mol. The molecule has 2 rings (SSSR count). The van der Waals surface area contributed by atoms with Gasteiger partial charge in [-0.1, -0.05) is 23.2 Å². The highest BCUT2D eigenvalue weighted by Crippen LogP contribution is 2.27. The number of pyridine rings is 1. The summed E-state index contributed by atoms with van der Waals surface area (Å²) < 4.78 is 1.40. The maximum atomic E-state index is 12.1. The summed E-state index contributed by atoms with van der Waals surface area (Å²) in [6.07, 6.45) is 1.54. The van der Waals surface area contributed by atoms with Crippen LogP contribution in [0.15, 0.2) is 28.9 Å². The van der Waals surface area contributed by atoms with Crippen molar-refractivity contribution < 1.29 is 4.79 Å². The fourth-order valence-corrected chi connectivity index (χ4v) is 3.07. The van der Waals surface area contributed by atoms with Crippen molar-refractivity contribution in [1.29, 1.82) is 0 Å². The van der Waals surface area contributed by atoms with Crippen LogP contribution in [-0.4, -0.2) is 10.9 Å². The summed E-state index contributed by atoms with van der Waals surface area (Å²) in [5.41, 5.74) is 0.338. The Bertz CT molecular complexity index is 618. The van der Waals surface area contributed by atoms with E-state index in [1.54, 1.807) is 18.3 Å².